The molecule has 0 atom stereocenters. The molecule has 24 heavy (non-hydrogen) atoms. The number of methoxy groups -OCH3 is 1. The van der Waals surface area contributed by atoms with Gasteiger partial charge < -0.3 is 15.4 Å². The number of ether oxygens (including phenoxy) is 1. The van der Waals surface area contributed by atoms with E-state index >= 15 is 0 Å². The van der Waals surface area contributed by atoms with Crippen LogP contribution in [0.4, 0.5) is 10.1 Å². The normalized spacial score (nSPS) is 10.5. The third-order valence-corrected chi connectivity index (χ3v) is 3.75. The lowest BCUT2D eigenvalue weighted by Crippen LogP contribution is -2.23. The van der Waals surface area contributed by atoms with Crippen LogP contribution in [0.1, 0.15) is 12.0 Å². The molecule has 0 fully saturated rings. The van der Waals surface area contributed by atoms with E-state index in [4.69, 9.17) is 16.3 Å². The van der Waals surface area contributed by atoms with Gasteiger partial charge in [-0.25, -0.2) is 4.39 Å². The Bertz CT molecular complexity index is 694. The van der Waals surface area contributed by atoms with Gasteiger partial charge in [0.05, 0.1) is 12.1 Å². The standard InChI is InChI=1S/C18H20ClFN2O2/c1-24-15-4-2-3-13(11-15)7-9-21-10-8-18(23)22-14-5-6-17(20)16(19)12-14/h2-6,11-12,21H,7-10H2,1H3,(H,22,23). The number of hydrogen-bond acceptors (Lipinski definition) is 3. The summed E-state index contributed by atoms with van der Waals surface area (Å²) in [4.78, 5) is 11.8. The molecule has 0 aliphatic carbocycles. The van der Waals surface area contributed by atoms with Crippen molar-refractivity contribution in [1.29, 1.82) is 0 Å². The van der Waals surface area contributed by atoms with Gasteiger partial charge in [0, 0.05) is 18.7 Å². The first-order valence-electron chi connectivity index (χ1n) is 7.67. The SMILES string of the molecule is COc1cccc(CCNCCC(=O)Nc2ccc(F)c(Cl)c2)c1. The highest BCUT2D eigenvalue weighted by molar-refractivity contribution is 6.31. The molecule has 0 saturated carbocycles. The summed E-state index contributed by atoms with van der Waals surface area (Å²) in [5.74, 6) is 0.185. The first-order chi connectivity index (χ1) is 11.6. The predicted octanol–water partition coefficient (Wildman–Crippen LogP) is 3.65. The molecule has 2 aromatic carbocycles. The lowest BCUT2D eigenvalue weighted by molar-refractivity contribution is -0.116. The van der Waals surface area contributed by atoms with Crippen molar-refractivity contribution in [1.82, 2.24) is 5.32 Å². The van der Waals surface area contributed by atoms with Crippen molar-refractivity contribution in [3.8, 4) is 5.75 Å². The largest absolute Gasteiger partial charge is 0.497 e. The maximum Gasteiger partial charge on any atom is 0.225 e. The minimum atomic E-state index is -0.506. The fourth-order valence-corrected chi connectivity index (χ4v) is 2.37. The number of hydrogen-bond donors (Lipinski definition) is 2. The summed E-state index contributed by atoms with van der Waals surface area (Å²) in [6.45, 7) is 1.33. The summed E-state index contributed by atoms with van der Waals surface area (Å²) in [5.41, 5.74) is 1.66. The zero-order chi connectivity index (χ0) is 17.4. The molecule has 0 saturated heterocycles. The van der Waals surface area contributed by atoms with E-state index in [0.29, 0.717) is 18.7 Å². The summed E-state index contributed by atoms with van der Waals surface area (Å²) < 4.78 is 18.2. The van der Waals surface area contributed by atoms with Crippen LogP contribution in [-0.2, 0) is 11.2 Å². The molecule has 0 unspecified atom stereocenters. The van der Waals surface area contributed by atoms with E-state index in [0.717, 1.165) is 18.7 Å². The lowest BCUT2D eigenvalue weighted by atomic mass is 10.1. The van der Waals surface area contributed by atoms with E-state index in [1.165, 1.54) is 23.8 Å². The predicted molar refractivity (Wildman–Crippen MR) is 94.2 cm³/mol. The van der Waals surface area contributed by atoms with E-state index in [1.807, 2.05) is 24.3 Å². The fourth-order valence-electron chi connectivity index (χ4n) is 2.18. The van der Waals surface area contributed by atoms with E-state index in [9.17, 15) is 9.18 Å². The maximum atomic E-state index is 13.0. The monoisotopic (exact) mass is 350 g/mol. The Labute approximate surface area is 146 Å². The van der Waals surface area contributed by atoms with Gasteiger partial charge in [-0.05, 0) is 48.9 Å². The van der Waals surface area contributed by atoms with Gasteiger partial charge in [-0.3, -0.25) is 4.79 Å². The van der Waals surface area contributed by atoms with Crippen molar-refractivity contribution in [2.75, 3.05) is 25.5 Å². The number of carbonyl (C=O) groups is 1. The van der Waals surface area contributed by atoms with Gasteiger partial charge >= 0.3 is 0 Å². The van der Waals surface area contributed by atoms with Crippen LogP contribution in [0.5, 0.6) is 5.75 Å². The van der Waals surface area contributed by atoms with E-state index < -0.39 is 5.82 Å². The van der Waals surface area contributed by atoms with Crippen LogP contribution in [0.2, 0.25) is 5.02 Å². The molecular formula is C18H20ClFN2O2. The number of amides is 1. The number of halogens is 2. The molecule has 2 aromatic rings. The lowest BCUT2D eigenvalue weighted by Gasteiger charge is -2.08. The smallest absolute Gasteiger partial charge is 0.225 e. The van der Waals surface area contributed by atoms with Gasteiger partial charge in [-0.15, -0.1) is 0 Å². The third-order valence-electron chi connectivity index (χ3n) is 3.46. The van der Waals surface area contributed by atoms with Gasteiger partial charge in [-0.2, -0.15) is 0 Å². The number of nitrogens with one attached hydrogen (secondary N) is 2. The van der Waals surface area contributed by atoms with Crippen LogP contribution in [0.3, 0.4) is 0 Å². The Morgan fingerprint density at radius 1 is 1.21 bits per heavy atom. The molecule has 0 aromatic heterocycles. The molecule has 0 bridgehead atoms. The average molecular weight is 351 g/mol. The Balaban J connectivity index is 1.66. The molecule has 4 nitrogen and oxygen atoms in total. The highest BCUT2D eigenvalue weighted by atomic mass is 35.5. The van der Waals surface area contributed by atoms with Crippen LogP contribution in [0.15, 0.2) is 42.5 Å². The van der Waals surface area contributed by atoms with Crippen molar-refractivity contribution in [2.24, 2.45) is 0 Å². The van der Waals surface area contributed by atoms with Crippen molar-refractivity contribution in [3.05, 3.63) is 58.9 Å². The van der Waals surface area contributed by atoms with Crippen LogP contribution < -0.4 is 15.4 Å². The van der Waals surface area contributed by atoms with Crippen molar-refractivity contribution in [3.63, 3.8) is 0 Å². The van der Waals surface area contributed by atoms with Crippen molar-refractivity contribution < 1.29 is 13.9 Å². The molecule has 0 radical (unpaired) electrons. The molecule has 0 heterocycles. The van der Waals surface area contributed by atoms with E-state index in [1.54, 1.807) is 7.11 Å². The second kappa shape index (κ2) is 9.25. The zero-order valence-electron chi connectivity index (χ0n) is 13.4. The Hall–Kier alpha value is -2.11. The maximum absolute atomic E-state index is 13.0. The second-order valence-corrected chi connectivity index (χ2v) is 5.69. The summed E-state index contributed by atoms with van der Waals surface area (Å²) in [6, 6.07) is 12.0. The number of rotatable bonds is 8. The number of carbonyl (C=O) groups excluding carboxylic acids is 1. The third kappa shape index (κ3) is 5.83. The molecular weight excluding hydrogens is 331 g/mol. The first kappa shape index (κ1) is 18.2. The Kier molecular flexibility index (Phi) is 7.03. The first-order valence-corrected chi connectivity index (χ1v) is 8.05. The molecule has 0 spiro atoms. The van der Waals surface area contributed by atoms with Gasteiger partial charge in [-0.1, -0.05) is 23.7 Å². The fraction of sp³-hybridized carbons (Fsp3) is 0.278. The summed E-state index contributed by atoms with van der Waals surface area (Å²) >= 11 is 5.68. The second-order valence-electron chi connectivity index (χ2n) is 5.28. The quantitative estimate of drug-likeness (QED) is 0.714. The van der Waals surface area contributed by atoms with Crippen LogP contribution in [0, 0.1) is 5.82 Å². The Morgan fingerprint density at radius 2 is 2.04 bits per heavy atom. The van der Waals surface area contributed by atoms with E-state index in [2.05, 4.69) is 10.6 Å². The van der Waals surface area contributed by atoms with Gasteiger partial charge in [0.15, 0.2) is 0 Å². The molecule has 1 amide bonds. The summed E-state index contributed by atoms with van der Waals surface area (Å²) in [5, 5.41) is 5.90. The molecule has 2 N–H and O–H groups in total. The zero-order valence-corrected chi connectivity index (χ0v) is 14.2. The molecule has 128 valence electrons. The minimum Gasteiger partial charge on any atom is -0.497 e. The number of benzene rings is 2. The van der Waals surface area contributed by atoms with Crippen molar-refractivity contribution in [2.45, 2.75) is 12.8 Å². The average Bonchev–Trinajstić information content (AvgIpc) is 2.58. The summed E-state index contributed by atoms with van der Waals surface area (Å²) in [7, 11) is 1.64. The molecule has 6 heteroatoms. The van der Waals surface area contributed by atoms with Crippen LogP contribution in [0.25, 0.3) is 0 Å². The molecule has 0 aliphatic rings. The highest BCUT2D eigenvalue weighted by Crippen LogP contribution is 2.19. The van der Waals surface area contributed by atoms with Gasteiger partial charge in [0.2, 0.25) is 5.91 Å². The molecule has 2 rings (SSSR count). The summed E-state index contributed by atoms with van der Waals surface area (Å²) in [6.07, 6.45) is 1.18. The number of anilines is 1. The van der Waals surface area contributed by atoms with Gasteiger partial charge in [0.25, 0.3) is 0 Å². The minimum absolute atomic E-state index is 0.00999. The highest BCUT2D eigenvalue weighted by Gasteiger charge is 2.05. The van der Waals surface area contributed by atoms with Crippen molar-refractivity contribution >= 4 is 23.2 Å². The van der Waals surface area contributed by atoms with Crippen LogP contribution >= 0.6 is 11.6 Å². The van der Waals surface area contributed by atoms with Crippen LogP contribution in [-0.4, -0.2) is 26.1 Å². The molecule has 0 aliphatic heterocycles. The van der Waals surface area contributed by atoms with Gasteiger partial charge in [0.1, 0.15) is 11.6 Å². The Morgan fingerprint density at radius 3 is 2.79 bits per heavy atom. The van der Waals surface area contributed by atoms with E-state index in [-0.39, 0.29) is 10.9 Å². The topological polar surface area (TPSA) is 50.4 Å².